The lowest BCUT2D eigenvalue weighted by atomic mass is 10.0. The number of carbonyl (C=O) groups excluding carboxylic acids is 2. The topological polar surface area (TPSA) is 65.1 Å². The number of aryl methyl sites for hydroxylation is 2. The van der Waals surface area contributed by atoms with Crippen LogP contribution in [0.5, 0.6) is 5.75 Å². The van der Waals surface area contributed by atoms with E-state index in [4.69, 9.17) is 14.2 Å². The van der Waals surface area contributed by atoms with Gasteiger partial charge in [-0.25, -0.2) is 9.59 Å². The molecule has 0 aliphatic carbocycles. The molecule has 0 fully saturated rings. The fourth-order valence-corrected chi connectivity index (χ4v) is 4.34. The van der Waals surface area contributed by atoms with Crippen LogP contribution in [0.3, 0.4) is 0 Å². The molecule has 4 rings (SSSR count). The van der Waals surface area contributed by atoms with Crippen molar-refractivity contribution in [2.24, 2.45) is 0 Å². The molecule has 214 valence electrons. The number of esters is 2. The highest BCUT2D eigenvalue weighted by Crippen LogP contribution is 2.36. The molecule has 0 amide bonds. The van der Waals surface area contributed by atoms with Crippen LogP contribution in [0.25, 0.3) is 11.1 Å². The molecule has 0 radical (unpaired) electrons. The highest BCUT2D eigenvalue weighted by atomic mass is 16.6. The van der Waals surface area contributed by atoms with E-state index in [-0.39, 0.29) is 18.8 Å². The van der Waals surface area contributed by atoms with E-state index < -0.39 is 18.0 Å². The number of hydrogen-bond donors (Lipinski definition) is 0. The highest BCUT2D eigenvalue weighted by molar-refractivity contribution is 5.87. The van der Waals surface area contributed by atoms with E-state index in [1.54, 1.807) is 6.92 Å². The summed E-state index contributed by atoms with van der Waals surface area (Å²) in [5, 5.41) is 0. The van der Waals surface area contributed by atoms with Gasteiger partial charge in [-0.2, -0.15) is 0 Å². The number of carbonyl (C=O) groups is 2. The van der Waals surface area contributed by atoms with Crippen molar-refractivity contribution in [3.8, 4) is 16.9 Å². The van der Waals surface area contributed by atoms with Crippen LogP contribution in [0.2, 0.25) is 0 Å². The Morgan fingerprint density at radius 2 is 1.33 bits per heavy atom. The van der Waals surface area contributed by atoms with Crippen molar-refractivity contribution in [2.45, 2.75) is 26.9 Å². The molecule has 6 heteroatoms. The van der Waals surface area contributed by atoms with E-state index in [1.165, 1.54) is 11.1 Å². The van der Waals surface area contributed by atoms with E-state index in [2.05, 4.69) is 105 Å². The van der Waals surface area contributed by atoms with Gasteiger partial charge < -0.3 is 19.1 Å². The summed E-state index contributed by atoms with van der Waals surface area (Å²) in [5.74, 6) is -0.602. The lowest BCUT2D eigenvalue weighted by Gasteiger charge is -2.26. The van der Waals surface area contributed by atoms with Crippen LogP contribution in [0.4, 0.5) is 17.1 Å². The monoisotopic (exact) mass is 561 g/mol. The van der Waals surface area contributed by atoms with Crippen molar-refractivity contribution in [1.29, 1.82) is 0 Å². The van der Waals surface area contributed by atoms with Gasteiger partial charge >= 0.3 is 11.9 Å². The van der Waals surface area contributed by atoms with E-state index in [1.807, 2.05) is 24.3 Å². The molecule has 0 saturated carbocycles. The number of rotatable bonds is 12. The molecule has 4 aromatic rings. The van der Waals surface area contributed by atoms with Gasteiger partial charge in [0.25, 0.3) is 0 Å². The van der Waals surface area contributed by atoms with Gasteiger partial charge in [-0.1, -0.05) is 61.7 Å². The molecule has 0 aliphatic rings. The Hall–Kier alpha value is -5.10. The summed E-state index contributed by atoms with van der Waals surface area (Å²) in [4.78, 5) is 25.7. The molecule has 0 spiro atoms. The fourth-order valence-electron chi connectivity index (χ4n) is 4.34. The van der Waals surface area contributed by atoms with Crippen LogP contribution in [-0.2, 0) is 19.1 Å². The van der Waals surface area contributed by atoms with E-state index in [0.717, 1.165) is 34.3 Å². The van der Waals surface area contributed by atoms with Gasteiger partial charge in [0.05, 0.1) is 0 Å². The maximum absolute atomic E-state index is 11.8. The maximum atomic E-state index is 11.8. The first-order chi connectivity index (χ1) is 20.2. The molecule has 42 heavy (non-hydrogen) atoms. The molecule has 6 nitrogen and oxygen atoms in total. The fraction of sp³-hybridized carbons (Fsp3) is 0.167. The van der Waals surface area contributed by atoms with Crippen molar-refractivity contribution >= 4 is 29.0 Å². The zero-order valence-electron chi connectivity index (χ0n) is 24.2. The van der Waals surface area contributed by atoms with Crippen molar-refractivity contribution in [3.05, 3.63) is 133 Å². The van der Waals surface area contributed by atoms with Gasteiger partial charge in [-0.05, 0) is 91.6 Å². The molecule has 4 aromatic carbocycles. The van der Waals surface area contributed by atoms with Crippen LogP contribution in [0, 0.1) is 13.8 Å². The summed E-state index contributed by atoms with van der Waals surface area (Å²) >= 11 is 0. The third kappa shape index (κ3) is 7.98. The summed E-state index contributed by atoms with van der Waals surface area (Å²) in [6.45, 7) is 12.5. The largest absolute Gasteiger partial charge is 0.490 e. The van der Waals surface area contributed by atoms with Gasteiger partial charge in [-0.15, -0.1) is 0 Å². The van der Waals surface area contributed by atoms with Crippen molar-refractivity contribution in [1.82, 2.24) is 0 Å². The minimum atomic E-state index is -0.796. The van der Waals surface area contributed by atoms with E-state index >= 15 is 0 Å². The minimum Gasteiger partial charge on any atom is -0.490 e. The van der Waals surface area contributed by atoms with Crippen LogP contribution in [0.1, 0.15) is 18.1 Å². The smallest absolute Gasteiger partial charge is 0.333 e. The van der Waals surface area contributed by atoms with Crippen molar-refractivity contribution in [2.75, 3.05) is 18.1 Å². The molecule has 0 saturated heterocycles. The number of ether oxygens (including phenoxy) is 3. The molecular formula is C36H35NO5. The van der Waals surface area contributed by atoms with Crippen LogP contribution in [0.15, 0.2) is 122 Å². The second kappa shape index (κ2) is 14.0. The summed E-state index contributed by atoms with van der Waals surface area (Å²) < 4.78 is 16.2. The van der Waals surface area contributed by atoms with Crippen LogP contribution < -0.4 is 9.64 Å². The lowest BCUT2D eigenvalue weighted by molar-refractivity contribution is -0.154. The lowest BCUT2D eigenvalue weighted by Crippen LogP contribution is -2.30. The Balaban J connectivity index is 1.47. The standard InChI is InChI=1S/C36H35NO5/c1-6-35(38)42-34(24-41-36(39)25(2)3)23-40-33-19-15-29(16-20-33)28-13-17-30(18-14-28)37(31-11-7-9-26(4)21-31)32-12-8-10-27(5)22-32/h6-22,34H,1-2,23-24H2,3-5H3. The molecule has 0 aromatic heterocycles. The Morgan fingerprint density at radius 1 is 0.786 bits per heavy atom. The number of nitrogens with zero attached hydrogens (tertiary/aromatic N) is 1. The number of benzene rings is 4. The zero-order valence-corrected chi connectivity index (χ0v) is 24.2. The van der Waals surface area contributed by atoms with Gasteiger partial charge in [-0.3, -0.25) is 0 Å². The molecule has 1 unspecified atom stereocenters. The first kappa shape index (κ1) is 29.9. The van der Waals surface area contributed by atoms with Crippen LogP contribution >= 0.6 is 0 Å². The van der Waals surface area contributed by atoms with Gasteiger partial charge in [0.1, 0.15) is 19.0 Å². The highest BCUT2D eigenvalue weighted by Gasteiger charge is 2.18. The molecule has 0 heterocycles. The summed E-state index contributed by atoms with van der Waals surface area (Å²) in [6.07, 6.45) is 0.255. The second-order valence-corrected chi connectivity index (χ2v) is 10.0. The number of hydrogen-bond acceptors (Lipinski definition) is 6. The second-order valence-electron chi connectivity index (χ2n) is 10.0. The summed E-state index contributed by atoms with van der Waals surface area (Å²) in [5.41, 5.74) is 7.99. The molecule has 1 atom stereocenters. The average Bonchev–Trinajstić information content (AvgIpc) is 2.99. The van der Waals surface area contributed by atoms with Gasteiger partial charge in [0.2, 0.25) is 0 Å². The third-order valence-corrected chi connectivity index (χ3v) is 6.47. The molecule has 0 aliphatic heterocycles. The predicted molar refractivity (Wildman–Crippen MR) is 167 cm³/mol. The molecule has 0 bridgehead atoms. The Kier molecular flexibility index (Phi) is 9.95. The SMILES string of the molecule is C=CC(=O)OC(COC(=O)C(=C)C)COc1ccc(-c2ccc(N(c3cccc(C)c3)c3cccc(C)c3)cc2)cc1. The van der Waals surface area contributed by atoms with E-state index in [9.17, 15) is 9.59 Å². The number of anilines is 3. The first-order valence-corrected chi connectivity index (χ1v) is 13.7. The Bertz CT molecular complexity index is 1510. The Morgan fingerprint density at radius 3 is 1.83 bits per heavy atom. The zero-order chi connectivity index (χ0) is 30.1. The van der Waals surface area contributed by atoms with E-state index in [0.29, 0.717) is 5.75 Å². The third-order valence-electron chi connectivity index (χ3n) is 6.47. The summed E-state index contributed by atoms with van der Waals surface area (Å²) in [7, 11) is 0. The quantitative estimate of drug-likeness (QED) is 0.129. The normalized spacial score (nSPS) is 11.2. The van der Waals surface area contributed by atoms with Crippen molar-refractivity contribution in [3.63, 3.8) is 0 Å². The Labute approximate surface area is 247 Å². The first-order valence-electron chi connectivity index (χ1n) is 13.7. The molecular weight excluding hydrogens is 526 g/mol. The predicted octanol–water partition coefficient (Wildman–Crippen LogP) is 8.04. The molecule has 0 N–H and O–H groups in total. The van der Waals surface area contributed by atoms with Gasteiger partial charge in [0.15, 0.2) is 6.10 Å². The maximum Gasteiger partial charge on any atom is 0.333 e. The minimum absolute atomic E-state index is 0.00481. The van der Waals surface area contributed by atoms with Crippen molar-refractivity contribution < 1.29 is 23.8 Å². The average molecular weight is 562 g/mol. The van der Waals surface area contributed by atoms with Crippen LogP contribution in [-0.4, -0.2) is 31.3 Å². The van der Waals surface area contributed by atoms with Gasteiger partial charge in [0, 0.05) is 28.7 Å². The summed E-state index contributed by atoms with van der Waals surface area (Å²) in [6, 6.07) is 33.0.